The first-order valence-electron chi connectivity index (χ1n) is 11.9. The molecule has 1 aliphatic rings. The van der Waals surface area contributed by atoms with Gasteiger partial charge in [-0.25, -0.2) is 0 Å². The van der Waals surface area contributed by atoms with Crippen molar-refractivity contribution < 1.29 is 29.4 Å². The van der Waals surface area contributed by atoms with Gasteiger partial charge in [0.2, 0.25) is 6.33 Å². The fourth-order valence-electron chi connectivity index (χ4n) is 4.13. The van der Waals surface area contributed by atoms with Crippen molar-refractivity contribution in [1.29, 1.82) is 0 Å². The first kappa shape index (κ1) is 25.8. The number of nitrogens with zero attached hydrogens (tertiary/aromatic N) is 3. The number of para-hydroxylation sites is 1. The summed E-state index contributed by atoms with van der Waals surface area (Å²) in [6.45, 7) is 10.9. The molecule has 0 N–H and O–H groups in total. The molecule has 0 saturated carbocycles. The van der Waals surface area contributed by atoms with Crippen molar-refractivity contribution in [1.82, 2.24) is 9.55 Å². The zero-order chi connectivity index (χ0) is 24.6. The molecule has 0 bridgehead atoms. The standard InChI is InChI=1S/C20H21N2O.C11H8N.Ir/c1-13(2)21-12-22-15-10-9-14(20(3,4)5)11-18(15)23-17-8-6-7-16(21)19(17)22;1-2-6-10(7-3-1)11-8-4-5-9-12-11;/h6-9,11,13H,1-5H3;1-6,8-9H;/q2*-1;+3. The van der Waals surface area contributed by atoms with Gasteiger partial charge in [0, 0.05) is 11.9 Å². The number of ether oxygens (including phenoxy) is 1. The van der Waals surface area contributed by atoms with Crippen LogP contribution in [-0.4, -0.2) is 9.55 Å². The molecule has 5 aromatic rings. The van der Waals surface area contributed by atoms with Crippen molar-refractivity contribution in [2.75, 3.05) is 0 Å². The van der Waals surface area contributed by atoms with Gasteiger partial charge in [-0.05, 0) is 37.4 Å². The van der Waals surface area contributed by atoms with Gasteiger partial charge in [-0.15, -0.1) is 47.5 Å². The maximum absolute atomic E-state index is 6.19. The second-order valence-corrected chi connectivity index (χ2v) is 9.97. The van der Waals surface area contributed by atoms with E-state index in [-0.39, 0.29) is 25.5 Å². The van der Waals surface area contributed by atoms with Crippen LogP contribution in [0.15, 0.2) is 79.0 Å². The van der Waals surface area contributed by atoms with E-state index in [0.717, 1.165) is 39.5 Å². The largest absolute Gasteiger partial charge is 3.00 e. The van der Waals surface area contributed by atoms with E-state index in [4.69, 9.17) is 4.74 Å². The summed E-state index contributed by atoms with van der Waals surface area (Å²) in [5.41, 5.74) is 6.43. The van der Waals surface area contributed by atoms with Crippen LogP contribution >= 0.6 is 0 Å². The summed E-state index contributed by atoms with van der Waals surface area (Å²) in [7, 11) is 0. The molecule has 0 fully saturated rings. The zero-order valence-electron chi connectivity index (χ0n) is 21.2. The Labute approximate surface area is 226 Å². The van der Waals surface area contributed by atoms with Crippen LogP contribution in [0.2, 0.25) is 0 Å². The average molecular weight is 652 g/mol. The van der Waals surface area contributed by atoms with E-state index >= 15 is 0 Å². The minimum Gasteiger partial charge on any atom is -0.527 e. The van der Waals surface area contributed by atoms with E-state index in [9.17, 15) is 0 Å². The first-order valence-corrected chi connectivity index (χ1v) is 11.9. The predicted molar refractivity (Wildman–Crippen MR) is 139 cm³/mol. The Kier molecular flexibility index (Phi) is 7.44. The maximum Gasteiger partial charge on any atom is 3.00 e. The molecule has 0 atom stereocenters. The van der Waals surface area contributed by atoms with Gasteiger partial charge < -0.3 is 18.9 Å². The molecule has 0 aliphatic carbocycles. The Balaban J connectivity index is 0.000000198. The minimum absolute atomic E-state index is 0. The van der Waals surface area contributed by atoms with Crippen LogP contribution < -0.4 is 9.30 Å². The molecule has 3 heterocycles. The Morgan fingerprint density at radius 2 is 1.75 bits per heavy atom. The molecule has 0 radical (unpaired) electrons. The summed E-state index contributed by atoms with van der Waals surface area (Å²) in [6, 6.07) is 30.9. The number of hydrogen-bond acceptors (Lipinski definition) is 2. The van der Waals surface area contributed by atoms with E-state index in [2.05, 4.69) is 85.4 Å². The molecule has 0 unspecified atom stereocenters. The summed E-state index contributed by atoms with van der Waals surface area (Å²) in [6.07, 6.45) is 5.26. The Hall–Kier alpha value is -3.27. The molecule has 3 aromatic carbocycles. The number of imidazole rings is 1. The average Bonchev–Trinajstić information content (AvgIpc) is 3.26. The third-order valence-corrected chi connectivity index (χ3v) is 6.03. The van der Waals surface area contributed by atoms with E-state index in [1.54, 1.807) is 6.20 Å². The fraction of sp³-hybridized carbons (Fsp3) is 0.226. The normalized spacial score (nSPS) is 11.7. The van der Waals surface area contributed by atoms with Crippen LogP contribution in [0, 0.1) is 18.5 Å². The number of aromatic nitrogens is 3. The monoisotopic (exact) mass is 652 g/mol. The van der Waals surface area contributed by atoms with Gasteiger partial charge in [0.15, 0.2) is 0 Å². The first-order chi connectivity index (χ1) is 16.8. The van der Waals surface area contributed by atoms with Gasteiger partial charge >= 0.3 is 20.1 Å². The molecule has 0 saturated heterocycles. The van der Waals surface area contributed by atoms with Crippen LogP contribution in [0.3, 0.4) is 0 Å². The summed E-state index contributed by atoms with van der Waals surface area (Å²) in [5, 5.41) is 0. The van der Waals surface area contributed by atoms with Crippen molar-refractivity contribution in [2.45, 2.75) is 46.1 Å². The number of fused-ring (bicyclic) bond motifs is 2. The van der Waals surface area contributed by atoms with Gasteiger partial charge in [-0.3, -0.25) is 0 Å². The number of pyridine rings is 1. The van der Waals surface area contributed by atoms with E-state index in [1.165, 1.54) is 5.56 Å². The summed E-state index contributed by atoms with van der Waals surface area (Å²) in [5.74, 6) is 1.73. The zero-order valence-corrected chi connectivity index (χ0v) is 23.6. The molecule has 2 aromatic heterocycles. The van der Waals surface area contributed by atoms with Crippen LogP contribution in [0.5, 0.6) is 11.5 Å². The Morgan fingerprint density at radius 3 is 2.42 bits per heavy atom. The van der Waals surface area contributed by atoms with Gasteiger partial charge in [0.1, 0.15) is 5.75 Å². The Morgan fingerprint density at radius 1 is 0.944 bits per heavy atom. The maximum atomic E-state index is 6.19. The third-order valence-electron chi connectivity index (χ3n) is 6.03. The Bertz CT molecular complexity index is 1430. The molecule has 4 nitrogen and oxygen atoms in total. The second kappa shape index (κ2) is 10.4. The molecule has 0 spiro atoms. The van der Waals surface area contributed by atoms with Crippen LogP contribution in [0.1, 0.15) is 46.2 Å². The topological polar surface area (TPSA) is 30.9 Å². The summed E-state index contributed by atoms with van der Waals surface area (Å²) in [4.78, 5) is 4.22. The van der Waals surface area contributed by atoms with E-state index < -0.39 is 0 Å². The molecular weight excluding hydrogens is 623 g/mol. The van der Waals surface area contributed by atoms with Crippen LogP contribution in [0.25, 0.3) is 28.0 Å². The van der Waals surface area contributed by atoms with Crippen molar-refractivity contribution in [3.8, 4) is 28.4 Å². The molecule has 0 amide bonds. The SMILES string of the molecule is CC(C)n1[c-][n+]2c3c(cccc31)Oc1cc(C(C)(C)C)c[c-]c1-2.[Ir+3].[c-]1ccccc1-c1ccccn1. The molecule has 182 valence electrons. The summed E-state index contributed by atoms with van der Waals surface area (Å²) >= 11 is 0. The van der Waals surface area contributed by atoms with Crippen molar-refractivity contribution >= 4 is 11.0 Å². The molecule has 6 rings (SSSR count). The fourth-order valence-corrected chi connectivity index (χ4v) is 4.13. The smallest absolute Gasteiger partial charge is 0.527 e. The summed E-state index contributed by atoms with van der Waals surface area (Å²) < 4.78 is 10.4. The number of hydrogen-bond donors (Lipinski definition) is 0. The van der Waals surface area contributed by atoms with E-state index in [0.29, 0.717) is 6.04 Å². The van der Waals surface area contributed by atoms with Crippen LogP contribution in [-0.2, 0) is 25.5 Å². The number of rotatable bonds is 2. The van der Waals surface area contributed by atoms with Gasteiger partial charge in [-0.1, -0.05) is 50.5 Å². The number of benzene rings is 3. The molecule has 1 aliphatic heterocycles. The van der Waals surface area contributed by atoms with Crippen molar-refractivity contribution in [2.24, 2.45) is 0 Å². The molecular formula is C31H29IrN3O+. The quantitative estimate of drug-likeness (QED) is 0.149. The van der Waals surface area contributed by atoms with Gasteiger partial charge in [-0.2, -0.15) is 12.1 Å². The molecule has 36 heavy (non-hydrogen) atoms. The van der Waals surface area contributed by atoms with E-state index in [1.807, 2.05) is 54.6 Å². The molecule has 5 heteroatoms. The van der Waals surface area contributed by atoms with Crippen LogP contribution in [0.4, 0.5) is 0 Å². The van der Waals surface area contributed by atoms with Gasteiger partial charge in [0.25, 0.3) is 0 Å². The van der Waals surface area contributed by atoms with Crippen molar-refractivity contribution in [3.63, 3.8) is 0 Å². The minimum atomic E-state index is 0. The van der Waals surface area contributed by atoms with Crippen molar-refractivity contribution in [3.05, 3.63) is 103 Å². The van der Waals surface area contributed by atoms with Gasteiger partial charge in [0.05, 0.1) is 17.1 Å². The third kappa shape index (κ3) is 5.00. The predicted octanol–water partition coefficient (Wildman–Crippen LogP) is 7.05. The second-order valence-electron chi connectivity index (χ2n) is 9.97.